The Bertz CT molecular complexity index is 1890. The smallest absolute Gasteiger partial charge is 0.0357 e. The summed E-state index contributed by atoms with van der Waals surface area (Å²) in [6.07, 6.45) is 3.09. The molecular weight excluding hydrogens is 516 g/mol. The molecule has 0 aliphatic heterocycles. The van der Waals surface area contributed by atoms with Crippen LogP contribution in [0.1, 0.15) is 123 Å². The van der Waals surface area contributed by atoms with E-state index in [1.54, 1.807) is 38.9 Å². The molecular formula is C43H42. The maximum absolute atomic E-state index is 2.62. The zero-order chi connectivity index (χ0) is 29.9. The van der Waals surface area contributed by atoms with Crippen LogP contribution in [0, 0.1) is 55.4 Å². The van der Waals surface area contributed by atoms with Gasteiger partial charge in [0.1, 0.15) is 0 Å². The van der Waals surface area contributed by atoms with Gasteiger partial charge in [0, 0.05) is 11.8 Å². The minimum absolute atomic E-state index is 0.272. The van der Waals surface area contributed by atoms with Gasteiger partial charge in [-0.25, -0.2) is 0 Å². The van der Waals surface area contributed by atoms with Crippen LogP contribution in [0.2, 0.25) is 0 Å². The average molecular weight is 559 g/mol. The van der Waals surface area contributed by atoms with Crippen molar-refractivity contribution in [3.8, 4) is 0 Å². The van der Waals surface area contributed by atoms with E-state index in [4.69, 9.17) is 0 Å². The summed E-state index contributed by atoms with van der Waals surface area (Å²) in [6.45, 7) is 18.9. The third-order valence-electron chi connectivity index (χ3n) is 12.2. The van der Waals surface area contributed by atoms with E-state index in [2.05, 4.69) is 116 Å². The molecule has 3 aliphatic carbocycles. The molecule has 0 heterocycles. The highest BCUT2D eigenvalue weighted by atomic mass is 14.4. The highest BCUT2D eigenvalue weighted by Gasteiger charge is 2.39. The molecule has 0 atom stereocenters. The van der Waals surface area contributed by atoms with E-state index in [9.17, 15) is 0 Å². The van der Waals surface area contributed by atoms with Gasteiger partial charge >= 0.3 is 0 Å². The monoisotopic (exact) mass is 558 g/mol. The summed E-state index contributed by atoms with van der Waals surface area (Å²) < 4.78 is 0. The van der Waals surface area contributed by atoms with Crippen molar-refractivity contribution in [2.45, 2.75) is 86.5 Å². The molecule has 214 valence electrons. The molecule has 0 nitrogen and oxygen atoms in total. The Morgan fingerprint density at radius 1 is 0.395 bits per heavy atom. The molecule has 0 N–H and O–H groups in total. The standard InChI is InChI=1S/C43H42/c1-22-24(3)28(7)39-37(26(22)5)20-33-18-32(42-35-15-11-9-13-30(35)17-31-14-10-12-16-36(31)42)19-34-21-38-27(6)23(2)25(4)29(8)40(38)43(39)41(33)34/h9-16,18-19,42-43H,17,20-21H2,1-8H3. The first-order valence-electron chi connectivity index (χ1n) is 16.2. The molecule has 0 unspecified atom stereocenters. The number of hydrogen-bond acceptors (Lipinski definition) is 0. The molecule has 0 spiro atoms. The van der Waals surface area contributed by atoms with Crippen molar-refractivity contribution < 1.29 is 0 Å². The highest BCUT2D eigenvalue weighted by Crippen LogP contribution is 2.53. The third kappa shape index (κ3) is 3.56. The van der Waals surface area contributed by atoms with Crippen molar-refractivity contribution >= 4 is 0 Å². The van der Waals surface area contributed by atoms with E-state index < -0.39 is 0 Å². The molecule has 0 aromatic heterocycles. The lowest BCUT2D eigenvalue weighted by atomic mass is 9.62. The first-order valence-corrected chi connectivity index (χ1v) is 16.2. The highest BCUT2D eigenvalue weighted by molar-refractivity contribution is 5.71. The van der Waals surface area contributed by atoms with Crippen LogP contribution in [0.4, 0.5) is 0 Å². The van der Waals surface area contributed by atoms with E-state index >= 15 is 0 Å². The van der Waals surface area contributed by atoms with E-state index in [-0.39, 0.29) is 5.92 Å². The predicted octanol–water partition coefficient (Wildman–Crippen LogP) is 10.2. The summed E-state index contributed by atoms with van der Waals surface area (Å²) in [5.74, 6) is 0.586. The van der Waals surface area contributed by atoms with Gasteiger partial charge in [0.15, 0.2) is 0 Å². The maximum atomic E-state index is 2.62. The minimum Gasteiger partial charge on any atom is -0.0620 e. The van der Waals surface area contributed by atoms with Crippen molar-refractivity contribution in [3.63, 3.8) is 0 Å². The van der Waals surface area contributed by atoms with Crippen LogP contribution in [0.15, 0.2) is 60.7 Å². The van der Waals surface area contributed by atoms with E-state index in [1.807, 2.05) is 0 Å². The number of fused-ring (bicyclic) bond motifs is 6. The molecule has 0 radical (unpaired) electrons. The Morgan fingerprint density at radius 3 is 1.28 bits per heavy atom. The summed E-state index contributed by atoms with van der Waals surface area (Å²) in [5.41, 5.74) is 30.3. The molecule has 0 bridgehead atoms. The van der Waals surface area contributed by atoms with E-state index in [0.717, 1.165) is 19.3 Å². The first kappa shape index (κ1) is 26.7. The average Bonchev–Trinajstić information content (AvgIpc) is 3.02. The SMILES string of the molecule is Cc1c(C)c(C)c2c(c1C)Cc1cc(C3c4ccccc4Cc4ccccc43)cc3c1C2c1c(C)c(C)c(C)c(C)c1C3. The molecule has 43 heavy (non-hydrogen) atoms. The van der Waals surface area contributed by atoms with Crippen LogP contribution in [0.3, 0.4) is 0 Å². The van der Waals surface area contributed by atoms with Gasteiger partial charge in [-0.15, -0.1) is 0 Å². The Kier molecular flexibility index (Phi) is 5.77. The largest absolute Gasteiger partial charge is 0.0620 e. The zero-order valence-corrected chi connectivity index (χ0v) is 27.0. The van der Waals surface area contributed by atoms with Crippen molar-refractivity contribution in [1.82, 2.24) is 0 Å². The van der Waals surface area contributed by atoms with Gasteiger partial charge in [0.05, 0.1) is 0 Å². The normalized spacial score (nSPS) is 15.0. The molecule has 0 saturated heterocycles. The van der Waals surface area contributed by atoms with E-state index in [0.29, 0.717) is 5.92 Å². The molecule has 0 heteroatoms. The molecule has 0 fully saturated rings. The summed E-state index contributed by atoms with van der Waals surface area (Å²) in [6, 6.07) is 23.6. The number of rotatable bonds is 1. The second-order valence-electron chi connectivity index (χ2n) is 13.8. The van der Waals surface area contributed by atoms with Crippen LogP contribution < -0.4 is 0 Å². The molecule has 3 aliphatic rings. The Labute approximate surface area is 257 Å². The Balaban J connectivity index is 1.45. The van der Waals surface area contributed by atoms with Crippen LogP contribution >= 0.6 is 0 Å². The van der Waals surface area contributed by atoms with Gasteiger partial charge in [-0.1, -0.05) is 60.7 Å². The van der Waals surface area contributed by atoms with Crippen LogP contribution in [0.25, 0.3) is 0 Å². The fourth-order valence-corrected chi connectivity index (χ4v) is 9.21. The third-order valence-corrected chi connectivity index (χ3v) is 12.2. The van der Waals surface area contributed by atoms with Gasteiger partial charge in [-0.3, -0.25) is 0 Å². The van der Waals surface area contributed by atoms with Gasteiger partial charge in [0.25, 0.3) is 0 Å². The zero-order valence-electron chi connectivity index (χ0n) is 27.0. The fraction of sp³-hybridized carbons (Fsp3) is 0.302. The van der Waals surface area contributed by atoms with Crippen LogP contribution in [-0.2, 0) is 19.3 Å². The van der Waals surface area contributed by atoms with Crippen molar-refractivity contribution in [2.24, 2.45) is 0 Å². The Morgan fingerprint density at radius 2 is 0.814 bits per heavy atom. The number of hydrogen-bond donors (Lipinski definition) is 0. The minimum atomic E-state index is 0.272. The molecule has 5 aromatic rings. The van der Waals surface area contributed by atoms with Gasteiger partial charge in [0.2, 0.25) is 0 Å². The number of benzene rings is 5. The molecule has 5 aromatic carbocycles. The van der Waals surface area contributed by atoms with E-state index in [1.165, 1.54) is 72.3 Å². The fourth-order valence-electron chi connectivity index (χ4n) is 9.21. The first-order chi connectivity index (χ1) is 20.7. The summed E-state index contributed by atoms with van der Waals surface area (Å²) in [4.78, 5) is 0. The second kappa shape index (κ2) is 9.30. The summed E-state index contributed by atoms with van der Waals surface area (Å²) >= 11 is 0. The van der Waals surface area contributed by atoms with Gasteiger partial charge < -0.3 is 0 Å². The Hall–Kier alpha value is -3.90. The lowest BCUT2D eigenvalue weighted by molar-refractivity contribution is 0.785. The van der Waals surface area contributed by atoms with Gasteiger partial charge in [-0.05, 0) is 186 Å². The molecule has 0 amide bonds. The van der Waals surface area contributed by atoms with Crippen LogP contribution in [-0.4, -0.2) is 0 Å². The molecule has 8 rings (SSSR count). The van der Waals surface area contributed by atoms with Crippen molar-refractivity contribution in [1.29, 1.82) is 0 Å². The quantitative estimate of drug-likeness (QED) is 0.188. The second-order valence-corrected chi connectivity index (χ2v) is 13.8. The predicted molar refractivity (Wildman–Crippen MR) is 180 cm³/mol. The van der Waals surface area contributed by atoms with Crippen LogP contribution in [0.5, 0.6) is 0 Å². The van der Waals surface area contributed by atoms with Crippen molar-refractivity contribution in [3.05, 3.63) is 172 Å². The summed E-state index contributed by atoms with van der Waals surface area (Å²) in [5, 5.41) is 0. The lowest BCUT2D eigenvalue weighted by Gasteiger charge is -2.41. The topological polar surface area (TPSA) is 0 Å². The van der Waals surface area contributed by atoms with Gasteiger partial charge in [-0.2, -0.15) is 0 Å². The lowest BCUT2D eigenvalue weighted by Crippen LogP contribution is -2.27. The summed E-state index contributed by atoms with van der Waals surface area (Å²) in [7, 11) is 0. The van der Waals surface area contributed by atoms with Crippen molar-refractivity contribution in [2.75, 3.05) is 0 Å². The molecule has 0 saturated carbocycles. The maximum Gasteiger partial charge on any atom is 0.0357 e.